The molecule has 2 heterocycles. The summed E-state index contributed by atoms with van der Waals surface area (Å²) in [6, 6.07) is 10.6. The highest BCUT2D eigenvalue weighted by atomic mass is 15.4. The van der Waals surface area contributed by atoms with Crippen LogP contribution in [-0.2, 0) is 6.54 Å². The Bertz CT molecular complexity index is 626. The van der Waals surface area contributed by atoms with Gasteiger partial charge in [0.15, 0.2) is 11.6 Å². The molecule has 6 nitrogen and oxygen atoms in total. The molecule has 2 aromatic rings. The molecule has 6 heteroatoms. The molecule has 0 radical (unpaired) electrons. The number of hydrogen-bond donors (Lipinski definition) is 3. The zero-order valence-corrected chi connectivity index (χ0v) is 12.3. The van der Waals surface area contributed by atoms with Gasteiger partial charge in [-0.2, -0.15) is 9.97 Å². The van der Waals surface area contributed by atoms with Crippen molar-refractivity contribution < 1.29 is 0 Å². The quantitative estimate of drug-likeness (QED) is 0.799. The molecule has 0 aliphatic carbocycles. The average molecular weight is 284 g/mol. The minimum atomic E-state index is 0.290. The van der Waals surface area contributed by atoms with Crippen LogP contribution in [0.15, 0.2) is 30.3 Å². The van der Waals surface area contributed by atoms with Gasteiger partial charge in [0.25, 0.3) is 0 Å². The first kappa shape index (κ1) is 13.5. The summed E-state index contributed by atoms with van der Waals surface area (Å²) in [4.78, 5) is 10.8. The van der Waals surface area contributed by atoms with Gasteiger partial charge in [0.05, 0.1) is 6.67 Å². The molecule has 21 heavy (non-hydrogen) atoms. The van der Waals surface area contributed by atoms with Crippen molar-refractivity contribution in [2.45, 2.75) is 26.4 Å². The van der Waals surface area contributed by atoms with Crippen molar-refractivity contribution in [3.8, 4) is 0 Å². The molecule has 1 aromatic carbocycles. The van der Waals surface area contributed by atoms with Crippen LogP contribution in [-0.4, -0.2) is 22.7 Å². The van der Waals surface area contributed by atoms with E-state index in [2.05, 4.69) is 51.5 Å². The van der Waals surface area contributed by atoms with Gasteiger partial charge in [-0.25, -0.2) is 0 Å². The Balaban J connectivity index is 1.85. The Morgan fingerprint density at radius 3 is 2.76 bits per heavy atom. The van der Waals surface area contributed by atoms with Gasteiger partial charge in [-0.3, -0.25) is 0 Å². The van der Waals surface area contributed by atoms with E-state index in [1.54, 1.807) is 0 Å². The molecule has 3 rings (SSSR count). The van der Waals surface area contributed by atoms with E-state index in [0.717, 1.165) is 24.0 Å². The summed E-state index contributed by atoms with van der Waals surface area (Å²) in [6.45, 7) is 5.69. The van der Waals surface area contributed by atoms with Crippen molar-refractivity contribution in [3.63, 3.8) is 0 Å². The fraction of sp³-hybridized carbons (Fsp3) is 0.333. The maximum absolute atomic E-state index is 5.85. The average Bonchev–Trinajstić information content (AvgIpc) is 2.89. The van der Waals surface area contributed by atoms with E-state index in [1.165, 1.54) is 5.56 Å². The van der Waals surface area contributed by atoms with Crippen LogP contribution in [0.4, 0.5) is 23.3 Å². The van der Waals surface area contributed by atoms with Crippen molar-refractivity contribution >= 4 is 23.3 Å². The lowest BCUT2D eigenvalue weighted by Gasteiger charge is -2.21. The van der Waals surface area contributed by atoms with Gasteiger partial charge < -0.3 is 21.3 Å². The van der Waals surface area contributed by atoms with Gasteiger partial charge in [-0.1, -0.05) is 30.3 Å². The minimum absolute atomic E-state index is 0.290. The van der Waals surface area contributed by atoms with Gasteiger partial charge in [0.1, 0.15) is 5.69 Å². The topological polar surface area (TPSA) is 79.1 Å². The number of fused-ring (bicyclic) bond motifs is 1. The van der Waals surface area contributed by atoms with Crippen LogP contribution in [0.1, 0.15) is 19.4 Å². The predicted molar refractivity (Wildman–Crippen MR) is 86.3 cm³/mol. The number of anilines is 4. The molecule has 0 unspecified atom stereocenters. The summed E-state index contributed by atoms with van der Waals surface area (Å²) < 4.78 is 0. The normalized spacial score (nSPS) is 13.2. The van der Waals surface area contributed by atoms with Crippen LogP contribution < -0.4 is 21.3 Å². The maximum Gasteiger partial charge on any atom is 0.224 e. The number of nitrogens with two attached hydrogens (primary N) is 1. The zero-order valence-electron chi connectivity index (χ0n) is 12.3. The summed E-state index contributed by atoms with van der Waals surface area (Å²) in [6.07, 6.45) is 0. The van der Waals surface area contributed by atoms with Gasteiger partial charge in [0, 0.05) is 12.6 Å². The lowest BCUT2D eigenvalue weighted by Crippen LogP contribution is -2.30. The molecular formula is C15H20N6. The number of nitrogen functional groups attached to an aromatic ring is 1. The molecule has 0 amide bonds. The molecule has 0 saturated carbocycles. The second kappa shape index (κ2) is 5.47. The standard InChI is InChI=1S/C15H20N6/c1-10(2)21-9-18-12-13(19-15(16)20-14(12)21)17-8-11-6-4-3-5-7-11/h3-7,10,18H,8-9H2,1-2H3,(H3,16,17,19,20). The zero-order chi connectivity index (χ0) is 14.8. The predicted octanol–water partition coefficient (Wildman–Crippen LogP) is 2.27. The molecule has 0 bridgehead atoms. The van der Waals surface area contributed by atoms with E-state index in [9.17, 15) is 0 Å². The summed E-state index contributed by atoms with van der Waals surface area (Å²) in [5.41, 5.74) is 7.97. The fourth-order valence-electron chi connectivity index (χ4n) is 2.41. The van der Waals surface area contributed by atoms with E-state index in [-0.39, 0.29) is 0 Å². The number of nitrogens with one attached hydrogen (secondary N) is 2. The second-order valence-corrected chi connectivity index (χ2v) is 5.37. The van der Waals surface area contributed by atoms with Crippen LogP contribution in [0.25, 0.3) is 0 Å². The summed E-state index contributed by atoms with van der Waals surface area (Å²) >= 11 is 0. The first-order chi connectivity index (χ1) is 10.1. The molecule has 0 spiro atoms. The molecule has 0 fully saturated rings. The maximum atomic E-state index is 5.85. The Hall–Kier alpha value is -2.50. The van der Waals surface area contributed by atoms with E-state index < -0.39 is 0 Å². The van der Waals surface area contributed by atoms with Crippen LogP contribution in [0.2, 0.25) is 0 Å². The molecule has 0 atom stereocenters. The third kappa shape index (κ3) is 2.69. The third-order valence-electron chi connectivity index (χ3n) is 3.53. The Morgan fingerprint density at radius 1 is 1.29 bits per heavy atom. The van der Waals surface area contributed by atoms with Crippen LogP contribution in [0, 0.1) is 0 Å². The number of aromatic nitrogens is 2. The van der Waals surface area contributed by atoms with Crippen molar-refractivity contribution in [1.82, 2.24) is 9.97 Å². The Morgan fingerprint density at radius 2 is 2.05 bits per heavy atom. The van der Waals surface area contributed by atoms with Gasteiger partial charge in [-0.05, 0) is 19.4 Å². The smallest absolute Gasteiger partial charge is 0.224 e. The molecule has 1 aliphatic rings. The first-order valence-electron chi connectivity index (χ1n) is 7.11. The van der Waals surface area contributed by atoms with E-state index in [0.29, 0.717) is 18.5 Å². The minimum Gasteiger partial charge on any atom is -0.368 e. The number of nitrogens with zero attached hydrogens (tertiary/aromatic N) is 3. The van der Waals surface area contributed by atoms with Gasteiger partial charge >= 0.3 is 0 Å². The van der Waals surface area contributed by atoms with E-state index >= 15 is 0 Å². The molecule has 4 N–H and O–H groups in total. The van der Waals surface area contributed by atoms with Crippen LogP contribution in [0.3, 0.4) is 0 Å². The highest BCUT2D eigenvalue weighted by Crippen LogP contribution is 2.36. The molecular weight excluding hydrogens is 264 g/mol. The largest absolute Gasteiger partial charge is 0.368 e. The van der Waals surface area contributed by atoms with Crippen molar-refractivity contribution in [2.75, 3.05) is 27.9 Å². The van der Waals surface area contributed by atoms with Crippen molar-refractivity contribution in [2.24, 2.45) is 0 Å². The Labute approximate surface area is 124 Å². The van der Waals surface area contributed by atoms with E-state index in [1.807, 2.05) is 18.2 Å². The summed E-state index contributed by atoms with van der Waals surface area (Å²) in [5.74, 6) is 1.91. The second-order valence-electron chi connectivity index (χ2n) is 5.37. The lowest BCUT2D eigenvalue weighted by molar-refractivity contribution is 0.718. The van der Waals surface area contributed by atoms with Crippen LogP contribution >= 0.6 is 0 Å². The molecule has 0 saturated heterocycles. The molecule has 1 aliphatic heterocycles. The highest BCUT2D eigenvalue weighted by Gasteiger charge is 2.26. The van der Waals surface area contributed by atoms with Crippen molar-refractivity contribution in [1.29, 1.82) is 0 Å². The van der Waals surface area contributed by atoms with Gasteiger partial charge in [0.2, 0.25) is 5.95 Å². The van der Waals surface area contributed by atoms with E-state index in [4.69, 9.17) is 5.73 Å². The van der Waals surface area contributed by atoms with Gasteiger partial charge in [-0.15, -0.1) is 0 Å². The molecule has 1 aromatic heterocycles. The Kier molecular flexibility index (Phi) is 3.51. The van der Waals surface area contributed by atoms with Crippen molar-refractivity contribution in [3.05, 3.63) is 35.9 Å². The number of hydrogen-bond acceptors (Lipinski definition) is 6. The monoisotopic (exact) mass is 284 g/mol. The summed E-state index contributed by atoms with van der Waals surface area (Å²) in [7, 11) is 0. The third-order valence-corrected chi connectivity index (χ3v) is 3.53. The summed E-state index contributed by atoms with van der Waals surface area (Å²) in [5, 5.41) is 6.69. The first-order valence-corrected chi connectivity index (χ1v) is 7.11. The fourth-order valence-corrected chi connectivity index (χ4v) is 2.41. The number of rotatable bonds is 4. The number of benzene rings is 1. The van der Waals surface area contributed by atoms with Crippen LogP contribution in [0.5, 0.6) is 0 Å². The lowest BCUT2D eigenvalue weighted by atomic mass is 10.2. The SMILES string of the molecule is CC(C)N1CNc2c(NCc3ccccc3)nc(N)nc21. The highest BCUT2D eigenvalue weighted by molar-refractivity contribution is 5.82. The molecule has 110 valence electrons.